The number of rotatable bonds is 1. The minimum Gasteiger partial charge on any atom is -0.244 e. The summed E-state index contributed by atoms with van der Waals surface area (Å²) in [5.74, 6) is 0. The van der Waals surface area contributed by atoms with Crippen molar-refractivity contribution in [2.45, 2.75) is 8.35 Å². The maximum Gasteiger partial charge on any atom is 0.115 e. The molecule has 0 saturated carbocycles. The maximum atomic E-state index is 3.93. The molecular formula is C6H6I2N2. The molecule has 1 aromatic heterocycles. The lowest BCUT2D eigenvalue weighted by Crippen LogP contribution is -2.02. The first kappa shape index (κ1) is 8.63. The van der Waals surface area contributed by atoms with Gasteiger partial charge in [0.2, 0.25) is 0 Å². The second-order valence-electron chi connectivity index (χ2n) is 2.02. The summed E-state index contributed by atoms with van der Waals surface area (Å²) in [6, 6.07) is 0. The van der Waals surface area contributed by atoms with Crippen LogP contribution < -0.4 is 0 Å². The summed E-state index contributed by atoms with van der Waals surface area (Å²) in [7, 11) is 0. The predicted octanol–water partition coefficient (Wildman–Crippen LogP) is 2.52. The van der Waals surface area contributed by atoms with Crippen molar-refractivity contribution in [1.29, 1.82) is 0 Å². The van der Waals surface area contributed by atoms with E-state index in [2.05, 4.69) is 62.1 Å². The average molecular weight is 360 g/mol. The molecule has 0 atom stereocenters. The molecule has 10 heavy (non-hydrogen) atoms. The average Bonchev–Trinajstić information content (AvgIpc) is 1.88. The van der Waals surface area contributed by atoms with Crippen LogP contribution in [0.4, 0.5) is 0 Å². The van der Waals surface area contributed by atoms with Crippen molar-refractivity contribution in [2.24, 2.45) is 0 Å². The van der Waals surface area contributed by atoms with Crippen LogP contribution in [0.5, 0.6) is 0 Å². The van der Waals surface area contributed by atoms with Gasteiger partial charge in [0.1, 0.15) is 6.33 Å². The fourth-order valence-corrected chi connectivity index (χ4v) is 1.08. The van der Waals surface area contributed by atoms with Crippen LogP contribution in [0.3, 0.4) is 0 Å². The molecular weight excluding hydrogens is 354 g/mol. The molecule has 0 aliphatic carbocycles. The summed E-state index contributed by atoms with van der Waals surface area (Å²) in [5.41, 5.74) is 1.15. The Balaban J connectivity index is 2.97. The number of halogens is 2. The standard InChI is InChI=1S/C6H6I2N2/c1-6(7,8)5-2-9-4-10-3-5/h2-4H,1H3. The van der Waals surface area contributed by atoms with E-state index in [-0.39, 0.29) is 1.43 Å². The van der Waals surface area contributed by atoms with Gasteiger partial charge >= 0.3 is 0 Å². The van der Waals surface area contributed by atoms with E-state index in [1.807, 2.05) is 12.4 Å². The molecule has 0 spiro atoms. The number of alkyl halides is 2. The molecule has 0 aliphatic rings. The Morgan fingerprint density at radius 1 is 1.30 bits per heavy atom. The minimum atomic E-state index is 0.108. The lowest BCUT2D eigenvalue weighted by Gasteiger charge is -2.12. The van der Waals surface area contributed by atoms with Crippen LogP contribution in [0.15, 0.2) is 18.7 Å². The number of aromatic nitrogens is 2. The van der Waals surface area contributed by atoms with Crippen molar-refractivity contribution in [3.63, 3.8) is 0 Å². The van der Waals surface area contributed by atoms with E-state index >= 15 is 0 Å². The Morgan fingerprint density at radius 2 is 1.80 bits per heavy atom. The zero-order valence-electron chi connectivity index (χ0n) is 5.38. The van der Waals surface area contributed by atoms with E-state index in [0.717, 1.165) is 5.56 Å². The first-order valence-electron chi connectivity index (χ1n) is 2.74. The second-order valence-corrected chi connectivity index (χ2v) is 8.39. The van der Waals surface area contributed by atoms with Crippen LogP contribution >= 0.6 is 45.2 Å². The van der Waals surface area contributed by atoms with Gasteiger partial charge < -0.3 is 0 Å². The summed E-state index contributed by atoms with van der Waals surface area (Å²) >= 11 is 4.70. The smallest absolute Gasteiger partial charge is 0.115 e. The quantitative estimate of drug-likeness (QED) is 0.569. The van der Waals surface area contributed by atoms with Crippen molar-refractivity contribution in [3.05, 3.63) is 24.3 Å². The zero-order chi connectivity index (χ0) is 7.61. The molecule has 0 aliphatic heterocycles. The molecule has 0 saturated heterocycles. The minimum absolute atomic E-state index is 0.108. The van der Waals surface area contributed by atoms with E-state index in [1.165, 1.54) is 0 Å². The molecule has 1 aromatic rings. The molecule has 0 N–H and O–H groups in total. The highest BCUT2D eigenvalue weighted by atomic mass is 127. The van der Waals surface area contributed by atoms with E-state index in [1.54, 1.807) is 6.33 Å². The van der Waals surface area contributed by atoms with E-state index in [0.29, 0.717) is 0 Å². The first-order chi connectivity index (χ1) is 4.61. The Labute approximate surface area is 87.1 Å². The van der Waals surface area contributed by atoms with Crippen LogP contribution in [-0.2, 0) is 1.43 Å². The predicted molar refractivity (Wildman–Crippen MR) is 57.4 cm³/mol. The summed E-state index contributed by atoms with van der Waals surface area (Å²) in [5, 5.41) is 0. The molecule has 0 unspecified atom stereocenters. The molecule has 0 radical (unpaired) electrons. The van der Waals surface area contributed by atoms with Gasteiger partial charge in [-0.3, -0.25) is 0 Å². The number of nitrogens with zero attached hydrogens (tertiary/aromatic N) is 2. The van der Waals surface area contributed by atoms with Gasteiger partial charge in [0.15, 0.2) is 0 Å². The van der Waals surface area contributed by atoms with Gasteiger partial charge in [-0.05, 0) is 6.92 Å². The molecule has 0 amide bonds. The summed E-state index contributed by atoms with van der Waals surface area (Å²) in [6.45, 7) is 2.12. The van der Waals surface area contributed by atoms with Crippen molar-refractivity contribution in [1.82, 2.24) is 9.97 Å². The number of hydrogen-bond donors (Lipinski definition) is 0. The van der Waals surface area contributed by atoms with Crippen LogP contribution in [-0.4, -0.2) is 9.97 Å². The van der Waals surface area contributed by atoms with Gasteiger partial charge in [-0.15, -0.1) is 0 Å². The third-order valence-corrected chi connectivity index (χ3v) is 2.31. The van der Waals surface area contributed by atoms with Gasteiger partial charge in [-0.25, -0.2) is 9.97 Å². The molecule has 0 aromatic carbocycles. The highest BCUT2D eigenvalue weighted by molar-refractivity contribution is 14.2. The lowest BCUT2D eigenvalue weighted by atomic mass is 10.3. The second kappa shape index (κ2) is 3.29. The van der Waals surface area contributed by atoms with E-state index in [9.17, 15) is 0 Å². The van der Waals surface area contributed by atoms with E-state index in [4.69, 9.17) is 0 Å². The van der Waals surface area contributed by atoms with Crippen molar-refractivity contribution in [3.8, 4) is 0 Å². The van der Waals surface area contributed by atoms with Gasteiger partial charge in [0, 0.05) is 18.0 Å². The topological polar surface area (TPSA) is 25.8 Å². The monoisotopic (exact) mass is 360 g/mol. The molecule has 0 bridgehead atoms. The van der Waals surface area contributed by atoms with Gasteiger partial charge in [-0.1, -0.05) is 45.2 Å². The largest absolute Gasteiger partial charge is 0.244 e. The SMILES string of the molecule is CC(I)(I)c1cncnc1. The third-order valence-electron chi connectivity index (χ3n) is 1.07. The van der Waals surface area contributed by atoms with Gasteiger partial charge in [0.25, 0.3) is 0 Å². The first-order valence-corrected chi connectivity index (χ1v) is 4.90. The lowest BCUT2D eigenvalue weighted by molar-refractivity contribution is 1.03. The summed E-state index contributed by atoms with van der Waals surface area (Å²) < 4.78 is 0.108. The van der Waals surface area contributed by atoms with Gasteiger partial charge in [0.05, 0.1) is 1.43 Å². The zero-order valence-corrected chi connectivity index (χ0v) is 9.70. The normalized spacial score (nSPS) is 11.5. The van der Waals surface area contributed by atoms with Crippen molar-refractivity contribution < 1.29 is 0 Å². The molecule has 54 valence electrons. The fourth-order valence-electron chi connectivity index (χ4n) is 0.526. The fraction of sp³-hybridized carbons (Fsp3) is 0.333. The molecule has 1 rings (SSSR count). The highest BCUT2D eigenvalue weighted by Crippen LogP contribution is 2.37. The van der Waals surface area contributed by atoms with Crippen LogP contribution in [0.25, 0.3) is 0 Å². The molecule has 2 nitrogen and oxygen atoms in total. The van der Waals surface area contributed by atoms with Crippen LogP contribution in [0.1, 0.15) is 12.5 Å². The summed E-state index contributed by atoms with van der Waals surface area (Å²) in [4.78, 5) is 7.86. The van der Waals surface area contributed by atoms with Gasteiger partial charge in [-0.2, -0.15) is 0 Å². The Bertz CT molecular complexity index is 205. The summed E-state index contributed by atoms with van der Waals surface area (Å²) in [6.07, 6.45) is 5.22. The Kier molecular flexibility index (Phi) is 2.84. The number of hydrogen-bond acceptors (Lipinski definition) is 2. The molecule has 1 heterocycles. The third kappa shape index (κ3) is 2.30. The molecule has 0 fully saturated rings. The van der Waals surface area contributed by atoms with Crippen molar-refractivity contribution >= 4 is 45.2 Å². The van der Waals surface area contributed by atoms with E-state index < -0.39 is 0 Å². The highest BCUT2D eigenvalue weighted by Gasteiger charge is 2.17. The maximum absolute atomic E-state index is 3.93. The Hall–Kier alpha value is 0.540. The Morgan fingerprint density at radius 3 is 2.10 bits per heavy atom. The van der Waals surface area contributed by atoms with Crippen LogP contribution in [0.2, 0.25) is 0 Å². The van der Waals surface area contributed by atoms with Crippen LogP contribution in [0, 0.1) is 0 Å². The molecule has 4 heteroatoms. The van der Waals surface area contributed by atoms with Crippen molar-refractivity contribution in [2.75, 3.05) is 0 Å².